The van der Waals surface area contributed by atoms with Crippen LogP contribution in [0.25, 0.3) is 0 Å². The Bertz CT molecular complexity index is 474. The molecule has 2 aromatic rings. The highest BCUT2D eigenvalue weighted by Gasteiger charge is 2.12. The molecule has 1 unspecified atom stereocenters. The Kier molecular flexibility index (Phi) is 5.38. The van der Waals surface area contributed by atoms with Gasteiger partial charge in [-0.3, -0.25) is 4.98 Å². The number of rotatable bonds is 3. The Morgan fingerprint density at radius 2 is 2.06 bits per heavy atom. The quantitative estimate of drug-likeness (QED) is 0.642. The first kappa shape index (κ1) is 13.7. The van der Waals surface area contributed by atoms with Gasteiger partial charge in [0.15, 0.2) is 0 Å². The molecule has 1 heterocycles. The van der Waals surface area contributed by atoms with Crippen LogP contribution in [0, 0.1) is 0 Å². The molecule has 1 atom stereocenters. The van der Waals surface area contributed by atoms with Crippen molar-refractivity contribution in [1.82, 2.24) is 4.98 Å². The molecule has 0 aliphatic heterocycles. The van der Waals surface area contributed by atoms with Gasteiger partial charge >= 0.3 is 0 Å². The molecule has 0 radical (unpaired) electrons. The lowest BCUT2D eigenvalue weighted by atomic mass is 10.1. The van der Waals surface area contributed by atoms with Crippen molar-refractivity contribution in [3.8, 4) is 0 Å². The van der Waals surface area contributed by atoms with E-state index in [0.717, 1.165) is 6.92 Å². The molecular formula is C14H16N2O2. The Morgan fingerprint density at radius 1 is 1.44 bits per heavy atom. The number of aromatic amines is 1. The van der Waals surface area contributed by atoms with E-state index in [1.54, 1.807) is 0 Å². The van der Waals surface area contributed by atoms with Crippen LogP contribution in [0.1, 0.15) is 18.5 Å². The predicted molar refractivity (Wildman–Crippen MR) is 66.4 cm³/mol. The number of H-pyrrole nitrogens is 1. The van der Waals surface area contributed by atoms with Crippen LogP contribution < -0.4 is 9.67 Å². The van der Waals surface area contributed by atoms with Gasteiger partial charge < -0.3 is 9.90 Å². The summed E-state index contributed by atoms with van der Waals surface area (Å²) in [5.74, 6) is -1.08. The second-order valence-electron chi connectivity index (χ2n) is 3.64. The van der Waals surface area contributed by atoms with E-state index < -0.39 is 5.97 Å². The maximum atomic E-state index is 8.89. The van der Waals surface area contributed by atoms with E-state index in [1.807, 2.05) is 43.0 Å². The van der Waals surface area contributed by atoms with Crippen LogP contribution in [-0.4, -0.2) is 11.0 Å². The molecule has 1 aromatic carbocycles. The molecule has 0 spiro atoms. The molecule has 0 aliphatic carbocycles. The van der Waals surface area contributed by atoms with Crippen molar-refractivity contribution in [2.24, 2.45) is 0 Å². The fourth-order valence-corrected chi connectivity index (χ4v) is 1.55. The minimum absolute atomic E-state index is 0.211. The van der Waals surface area contributed by atoms with E-state index in [1.165, 1.54) is 5.56 Å². The molecule has 1 N–H and O–H groups in total. The minimum Gasteiger partial charge on any atom is -0.550 e. The van der Waals surface area contributed by atoms with Gasteiger partial charge in [-0.2, -0.15) is 0 Å². The van der Waals surface area contributed by atoms with Crippen LogP contribution in [0.2, 0.25) is 0 Å². The third-order valence-electron chi connectivity index (χ3n) is 2.25. The van der Waals surface area contributed by atoms with Gasteiger partial charge in [-0.15, -0.1) is 0 Å². The Balaban J connectivity index is 0.000000357. The average molecular weight is 244 g/mol. The van der Waals surface area contributed by atoms with Gasteiger partial charge in [-0.05, 0) is 13.0 Å². The fraction of sp³-hybridized carbons (Fsp3) is 0.143. The van der Waals surface area contributed by atoms with E-state index in [9.17, 15) is 0 Å². The van der Waals surface area contributed by atoms with E-state index in [0.29, 0.717) is 0 Å². The third kappa shape index (κ3) is 4.25. The van der Waals surface area contributed by atoms with Gasteiger partial charge in [0.25, 0.3) is 0 Å². The Labute approximate surface area is 106 Å². The van der Waals surface area contributed by atoms with Crippen molar-refractivity contribution in [2.75, 3.05) is 0 Å². The van der Waals surface area contributed by atoms with E-state index >= 15 is 0 Å². The fourth-order valence-electron chi connectivity index (χ4n) is 1.55. The summed E-state index contributed by atoms with van der Waals surface area (Å²) in [5, 5.41) is 8.89. The number of imidazole rings is 1. The number of carbonyl (C=O) groups excluding carboxylic acids is 1. The number of allylic oxidation sites excluding steroid dienone is 1. The van der Waals surface area contributed by atoms with Crippen molar-refractivity contribution < 1.29 is 14.5 Å². The van der Waals surface area contributed by atoms with Crippen LogP contribution in [-0.2, 0) is 4.79 Å². The average Bonchev–Trinajstić information content (AvgIpc) is 2.84. The van der Waals surface area contributed by atoms with Gasteiger partial charge in [-0.25, -0.2) is 4.57 Å². The monoisotopic (exact) mass is 244 g/mol. The molecule has 4 heteroatoms. The maximum Gasteiger partial charge on any atom is 0.242 e. The predicted octanol–water partition coefficient (Wildman–Crippen LogP) is 0.834. The molecule has 0 aliphatic rings. The second kappa shape index (κ2) is 7.06. The number of aromatic nitrogens is 2. The lowest BCUT2D eigenvalue weighted by Crippen LogP contribution is -2.36. The molecule has 0 saturated heterocycles. The van der Waals surface area contributed by atoms with Crippen molar-refractivity contribution in [1.29, 1.82) is 0 Å². The van der Waals surface area contributed by atoms with Crippen LogP contribution >= 0.6 is 0 Å². The first-order chi connectivity index (χ1) is 8.65. The molecule has 2 rings (SSSR count). The van der Waals surface area contributed by atoms with Crippen molar-refractivity contribution >= 4 is 5.97 Å². The zero-order chi connectivity index (χ0) is 13.4. The Hall–Kier alpha value is -2.36. The first-order valence-electron chi connectivity index (χ1n) is 5.53. The maximum absolute atomic E-state index is 8.89. The largest absolute Gasteiger partial charge is 0.550 e. The molecule has 0 bridgehead atoms. The van der Waals surface area contributed by atoms with Crippen molar-refractivity contribution in [3.05, 3.63) is 67.3 Å². The number of carboxylic acid groups (broad SMARTS) is 1. The zero-order valence-corrected chi connectivity index (χ0v) is 10.2. The molecule has 0 saturated carbocycles. The van der Waals surface area contributed by atoms with Crippen LogP contribution in [0.5, 0.6) is 0 Å². The Morgan fingerprint density at radius 3 is 2.50 bits per heavy atom. The summed E-state index contributed by atoms with van der Waals surface area (Å²) < 4.78 is 2.09. The highest BCUT2D eigenvalue weighted by atomic mass is 16.4. The third-order valence-corrected chi connectivity index (χ3v) is 2.25. The number of carboxylic acids is 1. The van der Waals surface area contributed by atoms with Crippen LogP contribution in [0.15, 0.2) is 61.7 Å². The van der Waals surface area contributed by atoms with E-state index in [-0.39, 0.29) is 6.04 Å². The topological polar surface area (TPSA) is 59.8 Å². The SMILES string of the molecule is C=CC(c1ccccc1)[n+]1cc[nH]c1.CC(=O)[O-]. The van der Waals surface area contributed by atoms with Gasteiger partial charge in [0.1, 0.15) is 18.4 Å². The summed E-state index contributed by atoms with van der Waals surface area (Å²) in [6.07, 6.45) is 7.77. The van der Waals surface area contributed by atoms with E-state index in [4.69, 9.17) is 9.90 Å². The second-order valence-corrected chi connectivity index (χ2v) is 3.64. The molecule has 4 nitrogen and oxygen atoms in total. The molecule has 1 aromatic heterocycles. The molecule has 0 amide bonds. The normalized spacial score (nSPS) is 10.9. The van der Waals surface area contributed by atoms with Gasteiger partial charge in [0.05, 0.1) is 0 Å². The number of nitrogens with one attached hydrogen (secondary N) is 1. The summed E-state index contributed by atoms with van der Waals surface area (Å²) in [7, 11) is 0. The number of aliphatic carboxylic acids is 1. The lowest BCUT2D eigenvalue weighted by Gasteiger charge is -2.08. The summed E-state index contributed by atoms with van der Waals surface area (Å²) in [5.41, 5.74) is 1.24. The minimum atomic E-state index is -1.08. The number of hydrogen-bond acceptors (Lipinski definition) is 2. The van der Waals surface area contributed by atoms with Crippen molar-refractivity contribution in [3.63, 3.8) is 0 Å². The van der Waals surface area contributed by atoms with Crippen LogP contribution in [0.4, 0.5) is 0 Å². The van der Waals surface area contributed by atoms with E-state index in [2.05, 4.69) is 28.3 Å². The smallest absolute Gasteiger partial charge is 0.242 e. The molecular weight excluding hydrogens is 228 g/mol. The zero-order valence-electron chi connectivity index (χ0n) is 10.2. The number of carbonyl (C=O) groups is 1. The number of hydrogen-bond donors (Lipinski definition) is 1. The summed E-state index contributed by atoms with van der Waals surface area (Å²) in [6, 6.07) is 10.5. The van der Waals surface area contributed by atoms with Gasteiger partial charge in [0.2, 0.25) is 6.33 Å². The number of nitrogens with zero attached hydrogens (tertiary/aromatic N) is 1. The summed E-state index contributed by atoms with van der Waals surface area (Å²) in [6.45, 7) is 4.83. The number of benzene rings is 1. The summed E-state index contributed by atoms with van der Waals surface area (Å²) >= 11 is 0. The summed E-state index contributed by atoms with van der Waals surface area (Å²) in [4.78, 5) is 11.9. The highest BCUT2D eigenvalue weighted by Crippen LogP contribution is 2.11. The first-order valence-corrected chi connectivity index (χ1v) is 5.53. The molecule has 94 valence electrons. The highest BCUT2D eigenvalue weighted by molar-refractivity contribution is 5.60. The lowest BCUT2D eigenvalue weighted by molar-refractivity contribution is -0.702. The van der Waals surface area contributed by atoms with Gasteiger partial charge in [-0.1, -0.05) is 36.9 Å². The van der Waals surface area contributed by atoms with Crippen molar-refractivity contribution in [2.45, 2.75) is 13.0 Å². The molecule has 0 fully saturated rings. The van der Waals surface area contributed by atoms with Gasteiger partial charge in [0, 0.05) is 11.5 Å². The standard InChI is InChI=1S/C12H12N2.C2H4O2/c1-2-12(14-9-8-13-10-14)11-6-4-3-5-7-11;1-2(3)4/h2-10,12H,1H2;1H3,(H,3,4). The van der Waals surface area contributed by atoms with Crippen LogP contribution in [0.3, 0.4) is 0 Å². The molecule has 18 heavy (non-hydrogen) atoms.